The van der Waals surface area contributed by atoms with Gasteiger partial charge in [0.25, 0.3) is 10.1 Å². The van der Waals surface area contributed by atoms with Gasteiger partial charge < -0.3 is 7.16 Å². The molecule has 0 aromatic heterocycles. The van der Waals surface area contributed by atoms with E-state index in [1.807, 2.05) is 0 Å². The third-order valence-corrected chi connectivity index (χ3v) is 2.98. The molecule has 0 saturated carbocycles. The van der Waals surface area contributed by atoms with E-state index in [2.05, 4.69) is 0 Å². The number of hydrogen-bond acceptors (Lipinski definition) is 3. The SMILES string of the molecule is Nc1ccc2ccc(S(=O)(=O)O)cc2c1.[H-].[Na+]. The van der Waals surface area contributed by atoms with Gasteiger partial charge in [-0.25, -0.2) is 0 Å². The summed E-state index contributed by atoms with van der Waals surface area (Å²) in [4.78, 5) is -0.124. The molecule has 3 N–H and O–H groups in total. The van der Waals surface area contributed by atoms with Gasteiger partial charge in [0, 0.05) is 5.69 Å². The smallest absolute Gasteiger partial charge is 1.00 e. The molecule has 0 saturated heterocycles. The normalized spacial score (nSPS) is 11.1. The minimum Gasteiger partial charge on any atom is -1.00 e. The van der Waals surface area contributed by atoms with Crippen molar-refractivity contribution >= 4 is 26.6 Å². The van der Waals surface area contributed by atoms with Crippen molar-refractivity contribution in [3.8, 4) is 0 Å². The van der Waals surface area contributed by atoms with E-state index in [4.69, 9.17) is 10.3 Å². The molecule has 4 nitrogen and oxygen atoms in total. The number of anilines is 1. The molecule has 2 rings (SSSR count). The number of hydrogen-bond donors (Lipinski definition) is 2. The van der Waals surface area contributed by atoms with Crippen LogP contribution in [0.1, 0.15) is 1.43 Å². The second-order valence-electron chi connectivity index (χ2n) is 3.24. The van der Waals surface area contributed by atoms with E-state index >= 15 is 0 Å². The van der Waals surface area contributed by atoms with E-state index in [0.717, 1.165) is 5.39 Å². The molecule has 2 aromatic rings. The topological polar surface area (TPSA) is 80.4 Å². The van der Waals surface area contributed by atoms with E-state index in [0.29, 0.717) is 11.1 Å². The predicted molar refractivity (Wildman–Crippen MR) is 59.3 cm³/mol. The fourth-order valence-electron chi connectivity index (χ4n) is 1.40. The Balaban J connectivity index is 0.00000128. The molecule has 6 heteroatoms. The molecule has 0 fully saturated rings. The Kier molecular flexibility index (Phi) is 3.98. The summed E-state index contributed by atoms with van der Waals surface area (Å²) in [6.45, 7) is 0. The minimum absolute atomic E-state index is 0. The molecule has 0 bridgehead atoms. The maximum absolute atomic E-state index is 10.9. The summed E-state index contributed by atoms with van der Waals surface area (Å²) in [5.74, 6) is 0. The van der Waals surface area contributed by atoms with Crippen molar-refractivity contribution in [1.29, 1.82) is 0 Å². The van der Waals surface area contributed by atoms with Gasteiger partial charge in [0.15, 0.2) is 0 Å². The van der Waals surface area contributed by atoms with Crippen molar-refractivity contribution in [1.82, 2.24) is 0 Å². The second kappa shape index (κ2) is 4.73. The predicted octanol–water partition coefficient (Wildman–Crippen LogP) is -1.21. The van der Waals surface area contributed by atoms with Crippen molar-refractivity contribution in [3.05, 3.63) is 36.4 Å². The number of nitrogen functional groups attached to an aromatic ring is 1. The van der Waals surface area contributed by atoms with Crippen LogP contribution >= 0.6 is 0 Å². The summed E-state index contributed by atoms with van der Waals surface area (Å²) in [6.07, 6.45) is 0. The quantitative estimate of drug-likeness (QED) is 0.376. The summed E-state index contributed by atoms with van der Waals surface area (Å²) in [6, 6.07) is 9.55. The van der Waals surface area contributed by atoms with E-state index < -0.39 is 10.1 Å². The van der Waals surface area contributed by atoms with Crippen molar-refractivity contribution < 1.29 is 44.0 Å². The van der Waals surface area contributed by atoms with Crippen LogP contribution in [0.4, 0.5) is 5.69 Å². The van der Waals surface area contributed by atoms with Crippen molar-refractivity contribution in [2.24, 2.45) is 0 Å². The first kappa shape index (κ1) is 13.5. The fourth-order valence-corrected chi connectivity index (χ4v) is 1.92. The Morgan fingerprint density at radius 3 is 2.31 bits per heavy atom. The van der Waals surface area contributed by atoms with Gasteiger partial charge in [-0.15, -0.1) is 0 Å². The molecule has 0 heterocycles. The Morgan fingerprint density at radius 2 is 1.69 bits per heavy atom. The summed E-state index contributed by atoms with van der Waals surface area (Å²) >= 11 is 0. The first-order valence-corrected chi connectivity index (χ1v) is 5.67. The Bertz CT molecular complexity index is 630. The average Bonchev–Trinajstić information content (AvgIpc) is 2.15. The first-order valence-electron chi connectivity index (χ1n) is 4.23. The van der Waals surface area contributed by atoms with E-state index in [1.54, 1.807) is 24.3 Å². The molecule has 0 amide bonds. The number of rotatable bonds is 1. The Hall–Kier alpha value is -0.590. The number of nitrogens with two attached hydrogens (primary N) is 1. The fraction of sp³-hybridized carbons (Fsp3) is 0. The molecule has 0 spiro atoms. The van der Waals surface area contributed by atoms with Gasteiger partial charge in [0.2, 0.25) is 0 Å². The van der Waals surface area contributed by atoms with Gasteiger partial charge >= 0.3 is 29.6 Å². The minimum atomic E-state index is -4.15. The maximum atomic E-state index is 10.9. The molecule has 16 heavy (non-hydrogen) atoms. The zero-order valence-electron chi connectivity index (χ0n) is 9.71. The summed E-state index contributed by atoms with van der Waals surface area (Å²) in [5, 5.41) is 1.56. The maximum Gasteiger partial charge on any atom is 1.00 e. The third kappa shape index (κ3) is 2.75. The molecule has 80 valence electrons. The van der Waals surface area contributed by atoms with E-state index in [9.17, 15) is 8.42 Å². The summed E-state index contributed by atoms with van der Waals surface area (Å²) in [5.41, 5.74) is 6.12. The van der Waals surface area contributed by atoms with Crippen LogP contribution in [0.3, 0.4) is 0 Å². The molecular weight excluding hydrogens is 237 g/mol. The third-order valence-electron chi connectivity index (χ3n) is 2.13. The summed E-state index contributed by atoms with van der Waals surface area (Å²) in [7, 11) is -4.15. The average molecular weight is 247 g/mol. The van der Waals surface area contributed by atoms with Crippen LogP contribution in [0.2, 0.25) is 0 Å². The Morgan fingerprint density at radius 1 is 1.06 bits per heavy atom. The van der Waals surface area contributed by atoms with Crippen LogP contribution in [-0.2, 0) is 10.1 Å². The molecule has 0 unspecified atom stereocenters. The molecule has 0 atom stereocenters. The molecular formula is C10H10NNaO3S. The van der Waals surface area contributed by atoms with Crippen LogP contribution in [0.5, 0.6) is 0 Å². The number of benzene rings is 2. The van der Waals surface area contributed by atoms with Gasteiger partial charge in [-0.05, 0) is 35.0 Å². The van der Waals surface area contributed by atoms with E-state index in [-0.39, 0.29) is 35.9 Å². The van der Waals surface area contributed by atoms with Crippen LogP contribution in [0.15, 0.2) is 41.3 Å². The summed E-state index contributed by atoms with van der Waals surface area (Å²) < 4.78 is 30.6. The Labute approximate surface area is 117 Å². The second-order valence-corrected chi connectivity index (χ2v) is 4.66. The zero-order valence-corrected chi connectivity index (χ0v) is 11.5. The van der Waals surface area contributed by atoms with Crippen LogP contribution in [0, 0.1) is 0 Å². The van der Waals surface area contributed by atoms with Gasteiger partial charge in [0.05, 0.1) is 4.90 Å². The van der Waals surface area contributed by atoms with Crippen molar-refractivity contribution in [3.63, 3.8) is 0 Å². The van der Waals surface area contributed by atoms with Gasteiger partial charge in [-0.2, -0.15) is 8.42 Å². The first-order chi connectivity index (χ1) is 6.97. The molecule has 0 radical (unpaired) electrons. The monoisotopic (exact) mass is 247 g/mol. The molecule has 0 aliphatic heterocycles. The van der Waals surface area contributed by atoms with E-state index in [1.165, 1.54) is 12.1 Å². The standard InChI is InChI=1S/C10H9NO3S.Na.H/c11-9-3-1-7-2-4-10(15(12,13)14)6-8(7)5-9;;/h1-6H,11H2,(H,12,13,14);;/q;+1;-1. The van der Waals surface area contributed by atoms with Crippen molar-refractivity contribution in [2.75, 3.05) is 5.73 Å². The molecule has 2 aromatic carbocycles. The number of fused-ring (bicyclic) bond motifs is 1. The molecule has 0 aliphatic rings. The van der Waals surface area contributed by atoms with Crippen molar-refractivity contribution in [2.45, 2.75) is 4.90 Å². The van der Waals surface area contributed by atoms with Gasteiger partial charge in [-0.1, -0.05) is 12.1 Å². The zero-order chi connectivity index (χ0) is 11.1. The van der Waals surface area contributed by atoms with Gasteiger partial charge in [-0.3, -0.25) is 4.55 Å². The molecule has 0 aliphatic carbocycles. The van der Waals surface area contributed by atoms with Gasteiger partial charge in [0.1, 0.15) is 0 Å². The van der Waals surface area contributed by atoms with Crippen LogP contribution < -0.4 is 35.3 Å². The van der Waals surface area contributed by atoms with Crippen LogP contribution in [0.25, 0.3) is 10.8 Å². The largest absolute Gasteiger partial charge is 1.00 e. The van der Waals surface area contributed by atoms with Crippen LogP contribution in [-0.4, -0.2) is 13.0 Å².